The van der Waals surface area contributed by atoms with Gasteiger partial charge in [0, 0.05) is 29.1 Å². The number of carbonyl (C=O) groups is 1. The number of halogens is 1. The second kappa shape index (κ2) is 9.11. The summed E-state index contributed by atoms with van der Waals surface area (Å²) in [7, 11) is 0. The SMILES string of the molecule is CCOC(=O)CCCCOc1ccc2[nH]c3c(c2c1)CC(N)CC3.Cl. The van der Waals surface area contributed by atoms with Gasteiger partial charge in [-0.2, -0.15) is 0 Å². The first kappa shape index (κ1) is 19.6. The third kappa shape index (κ3) is 4.89. The molecule has 1 aromatic carbocycles. The fraction of sp³-hybridized carbons (Fsp3) is 0.526. The molecule has 0 spiro atoms. The number of hydrogen-bond acceptors (Lipinski definition) is 4. The maximum atomic E-state index is 11.3. The molecule has 3 rings (SSSR count). The number of esters is 1. The molecule has 0 fully saturated rings. The zero-order valence-corrected chi connectivity index (χ0v) is 15.5. The number of nitrogens with two attached hydrogens (primary N) is 1. The standard InChI is InChI=1S/C19H26N2O3.ClH/c1-2-23-19(22)5-3-4-10-24-14-7-9-18-16(12-14)15-11-13(20)6-8-17(15)21-18;/h7,9,12-13,21H,2-6,8,10-11,20H2,1H3;1H. The van der Waals surface area contributed by atoms with E-state index in [0.717, 1.165) is 43.4 Å². The van der Waals surface area contributed by atoms with Crippen molar-refractivity contribution in [1.82, 2.24) is 4.98 Å². The molecule has 6 heteroatoms. The highest BCUT2D eigenvalue weighted by Crippen LogP contribution is 2.31. The molecule has 2 aromatic rings. The highest BCUT2D eigenvalue weighted by atomic mass is 35.5. The van der Waals surface area contributed by atoms with Crippen LogP contribution in [0.25, 0.3) is 10.9 Å². The number of nitrogens with one attached hydrogen (secondary N) is 1. The smallest absolute Gasteiger partial charge is 0.305 e. The molecule has 0 aliphatic heterocycles. The Hall–Kier alpha value is -1.72. The molecule has 5 nitrogen and oxygen atoms in total. The van der Waals surface area contributed by atoms with E-state index >= 15 is 0 Å². The van der Waals surface area contributed by atoms with Crippen molar-refractivity contribution in [1.29, 1.82) is 0 Å². The van der Waals surface area contributed by atoms with E-state index in [0.29, 0.717) is 19.6 Å². The topological polar surface area (TPSA) is 77.3 Å². The van der Waals surface area contributed by atoms with Crippen LogP contribution in [0.2, 0.25) is 0 Å². The average molecular weight is 367 g/mol. The van der Waals surface area contributed by atoms with E-state index in [9.17, 15) is 4.79 Å². The highest BCUT2D eigenvalue weighted by molar-refractivity contribution is 5.86. The normalized spacial score (nSPS) is 16.2. The van der Waals surface area contributed by atoms with Crippen LogP contribution >= 0.6 is 12.4 Å². The number of unbranched alkanes of at least 4 members (excludes halogenated alkanes) is 1. The Labute approximate surface area is 154 Å². The molecule has 138 valence electrons. The highest BCUT2D eigenvalue weighted by Gasteiger charge is 2.20. The fourth-order valence-electron chi connectivity index (χ4n) is 3.31. The molecule has 0 saturated carbocycles. The Kier molecular flexibility index (Phi) is 7.14. The molecule has 0 radical (unpaired) electrons. The zero-order chi connectivity index (χ0) is 16.9. The summed E-state index contributed by atoms with van der Waals surface area (Å²) < 4.78 is 10.8. The molecular weight excluding hydrogens is 340 g/mol. The van der Waals surface area contributed by atoms with Crippen molar-refractivity contribution in [3.63, 3.8) is 0 Å². The maximum absolute atomic E-state index is 11.3. The van der Waals surface area contributed by atoms with Crippen molar-refractivity contribution in [2.75, 3.05) is 13.2 Å². The van der Waals surface area contributed by atoms with Gasteiger partial charge in [-0.05, 0) is 62.8 Å². The summed E-state index contributed by atoms with van der Waals surface area (Å²) in [6.45, 7) is 2.88. The lowest BCUT2D eigenvalue weighted by atomic mass is 9.92. The number of hydrogen-bond donors (Lipinski definition) is 2. The molecule has 0 saturated heterocycles. The molecule has 1 aliphatic rings. The molecule has 1 atom stereocenters. The summed E-state index contributed by atoms with van der Waals surface area (Å²) in [5.74, 6) is 0.744. The monoisotopic (exact) mass is 366 g/mol. The van der Waals surface area contributed by atoms with Crippen LogP contribution in [0.3, 0.4) is 0 Å². The first-order valence-corrected chi connectivity index (χ1v) is 8.85. The van der Waals surface area contributed by atoms with E-state index in [2.05, 4.69) is 17.1 Å². The van der Waals surface area contributed by atoms with Crippen molar-refractivity contribution in [3.05, 3.63) is 29.5 Å². The number of H-pyrrole nitrogens is 1. The summed E-state index contributed by atoms with van der Waals surface area (Å²) in [6.07, 6.45) is 5.08. The van der Waals surface area contributed by atoms with Gasteiger partial charge in [0.05, 0.1) is 13.2 Å². The predicted molar refractivity (Wildman–Crippen MR) is 102 cm³/mol. The van der Waals surface area contributed by atoms with Crippen LogP contribution in [0.5, 0.6) is 5.75 Å². The van der Waals surface area contributed by atoms with E-state index in [4.69, 9.17) is 15.2 Å². The van der Waals surface area contributed by atoms with E-state index in [1.165, 1.54) is 16.6 Å². The average Bonchev–Trinajstić information content (AvgIpc) is 2.92. The van der Waals surface area contributed by atoms with E-state index < -0.39 is 0 Å². The predicted octanol–water partition coefficient (Wildman–Crippen LogP) is 3.52. The summed E-state index contributed by atoms with van der Waals surface area (Å²) in [4.78, 5) is 14.8. The van der Waals surface area contributed by atoms with Gasteiger partial charge < -0.3 is 20.2 Å². The first-order chi connectivity index (χ1) is 11.7. The maximum Gasteiger partial charge on any atom is 0.305 e. The van der Waals surface area contributed by atoms with E-state index in [-0.39, 0.29) is 24.4 Å². The lowest BCUT2D eigenvalue weighted by molar-refractivity contribution is -0.143. The number of aromatic nitrogens is 1. The number of carbonyl (C=O) groups excluding carboxylic acids is 1. The summed E-state index contributed by atoms with van der Waals surface area (Å²) in [5, 5.41) is 1.23. The Morgan fingerprint density at radius 1 is 1.36 bits per heavy atom. The summed E-state index contributed by atoms with van der Waals surface area (Å²) >= 11 is 0. The molecule has 0 bridgehead atoms. The third-order valence-corrected chi connectivity index (χ3v) is 4.55. The summed E-state index contributed by atoms with van der Waals surface area (Å²) in [6, 6.07) is 6.43. The third-order valence-electron chi connectivity index (χ3n) is 4.55. The molecule has 1 unspecified atom stereocenters. The molecule has 1 aliphatic carbocycles. The Balaban J connectivity index is 0.00000225. The molecule has 1 aromatic heterocycles. The van der Waals surface area contributed by atoms with Crippen LogP contribution in [0, 0.1) is 0 Å². The van der Waals surface area contributed by atoms with Crippen LogP contribution in [-0.2, 0) is 22.4 Å². The number of rotatable bonds is 7. The molecule has 0 amide bonds. The Morgan fingerprint density at radius 2 is 2.20 bits per heavy atom. The minimum atomic E-state index is -0.130. The molecule has 3 N–H and O–H groups in total. The van der Waals surface area contributed by atoms with Crippen molar-refractivity contribution in [2.45, 2.75) is 51.5 Å². The second-order valence-corrected chi connectivity index (χ2v) is 6.40. The lowest BCUT2D eigenvalue weighted by Gasteiger charge is -2.18. The number of aromatic amines is 1. The molecule has 25 heavy (non-hydrogen) atoms. The van der Waals surface area contributed by atoms with Crippen molar-refractivity contribution >= 4 is 29.3 Å². The Bertz CT molecular complexity index is 714. The van der Waals surface area contributed by atoms with Gasteiger partial charge in [-0.25, -0.2) is 0 Å². The van der Waals surface area contributed by atoms with Crippen LogP contribution in [0.1, 0.15) is 43.9 Å². The van der Waals surface area contributed by atoms with Gasteiger partial charge in [0.25, 0.3) is 0 Å². The van der Waals surface area contributed by atoms with Crippen LogP contribution in [-0.4, -0.2) is 30.2 Å². The largest absolute Gasteiger partial charge is 0.494 e. The minimum absolute atomic E-state index is 0. The number of benzene rings is 1. The van der Waals surface area contributed by atoms with Crippen molar-refractivity contribution < 1.29 is 14.3 Å². The van der Waals surface area contributed by atoms with Crippen LogP contribution in [0.4, 0.5) is 0 Å². The van der Waals surface area contributed by atoms with Gasteiger partial charge in [-0.15, -0.1) is 12.4 Å². The molecular formula is C19H27ClN2O3. The number of aryl methyl sites for hydroxylation is 1. The lowest BCUT2D eigenvalue weighted by Crippen LogP contribution is -2.27. The van der Waals surface area contributed by atoms with E-state index in [1.807, 2.05) is 13.0 Å². The number of fused-ring (bicyclic) bond motifs is 3. The van der Waals surface area contributed by atoms with Gasteiger partial charge in [-0.1, -0.05) is 0 Å². The van der Waals surface area contributed by atoms with Crippen LogP contribution in [0.15, 0.2) is 18.2 Å². The zero-order valence-electron chi connectivity index (χ0n) is 14.7. The fourth-order valence-corrected chi connectivity index (χ4v) is 3.31. The van der Waals surface area contributed by atoms with Gasteiger partial charge >= 0.3 is 5.97 Å². The van der Waals surface area contributed by atoms with Gasteiger partial charge in [0.15, 0.2) is 0 Å². The second-order valence-electron chi connectivity index (χ2n) is 6.40. The van der Waals surface area contributed by atoms with Gasteiger partial charge in [0.1, 0.15) is 5.75 Å². The van der Waals surface area contributed by atoms with Gasteiger partial charge in [0.2, 0.25) is 0 Å². The quantitative estimate of drug-likeness (QED) is 0.580. The van der Waals surface area contributed by atoms with Crippen molar-refractivity contribution in [2.24, 2.45) is 5.73 Å². The Morgan fingerprint density at radius 3 is 3.00 bits per heavy atom. The van der Waals surface area contributed by atoms with E-state index in [1.54, 1.807) is 0 Å². The summed E-state index contributed by atoms with van der Waals surface area (Å²) in [5.41, 5.74) is 9.93. The number of ether oxygens (including phenoxy) is 2. The van der Waals surface area contributed by atoms with Crippen molar-refractivity contribution in [3.8, 4) is 5.75 Å². The minimum Gasteiger partial charge on any atom is -0.494 e. The first-order valence-electron chi connectivity index (χ1n) is 8.85. The molecule has 1 heterocycles. The van der Waals surface area contributed by atoms with Gasteiger partial charge in [-0.3, -0.25) is 4.79 Å². The van der Waals surface area contributed by atoms with Crippen LogP contribution < -0.4 is 10.5 Å².